The second-order valence-electron chi connectivity index (χ2n) is 7.09. The number of nitrogens with zero attached hydrogens (tertiary/aromatic N) is 4. The molecule has 0 N–H and O–H groups in total. The standard InChI is InChI=1S/C19H28N4OS/c1-21(2)11-12-22-10-8-20-19(22)17-4-3-9-23(14-17)18(24)6-5-16-7-13-25-15-16/h7-8,10,13,15,17H,3-6,9,11-12,14H2,1-2H3/t17-/m0/s1. The van der Waals surface area contributed by atoms with Crippen molar-refractivity contribution in [3.63, 3.8) is 0 Å². The number of hydrogen-bond donors (Lipinski definition) is 0. The molecular formula is C19H28N4OS. The van der Waals surface area contributed by atoms with Crippen LogP contribution in [0.5, 0.6) is 0 Å². The van der Waals surface area contributed by atoms with Gasteiger partial charge in [-0.3, -0.25) is 4.79 Å². The molecule has 1 amide bonds. The molecule has 3 heterocycles. The summed E-state index contributed by atoms with van der Waals surface area (Å²) in [5.41, 5.74) is 1.27. The van der Waals surface area contributed by atoms with Crippen molar-refractivity contribution in [2.45, 2.75) is 38.1 Å². The van der Waals surface area contributed by atoms with Crippen LogP contribution in [0.15, 0.2) is 29.2 Å². The maximum absolute atomic E-state index is 12.6. The summed E-state index contributed by atoms with van der Waals surface area (Å²) in [6, 6.07) is 2.11. The van der Waals surface area contributed by atoms with Gasteiger partial charge in [-0.1, -0.05) is 0 Å². The summed E-state index contributed by atoms with van der Waals surface area (Å²) in [4.78, 5) is 21.4. The minimum absolute atomic E-state index is 0.280. The van der Waals surface area contributed by atoms with E-state index >= 15 is 0 Å². The van der Waals surface area contributed by atoms with Crippen LogP contribution < -0.4 is 0 Å². The zero-order chi connectivity index (χ0) is 17.6. The van der Waals surface area contributed by atoms with Gasteiger partial charge in [0.2, 0.25) is 5.91 Å². The second-order valence-corrected chi connectivity index (χ2v) is 7.87. The van der Waals surface area contributed by atoms with E-state index in [1.54, 1.807) is 11.3 Å². The zero-order valence-corrected chi connectivity index (χ0v) is 16.0. The lowest BCUT2D eigenvalue weighted by atomic mass is 9.96. The third-order valence-corrected chi connectivity index (χ3v) is 5.61. The summed E-state index contributed by atoms with van der Waals surface area (Å²) in [6.07, 6.45) is 7.60. The van der Waals surface area contributed by atoms with Crippen molar-refractivity contribution in [2.24, 2.45) is 0 Å². The van der Waals surface area contributed by atoms with Crippen molar-refractivity contribution in [2.75, 3.05) is 33.7 Å². The molecule has 1 aliphatic rings. The molecule has 0 aliphatic carbocycles. The number of thiophene rings is 1. The number of aromatic nitrogens is 2. The topological polar surface area (TPSA) is 41.4 Å². The van der Waals surface area contributed by atoms with E-state index in [4.69, 9.17) is 0 Å². The number of amides is 1. The van der Waals surface area contributed by atoms with E-state index < -0.39 is 0 Å². The molecule has 6 heteroatoms. The number of carbonyl (C=O) groups excluding carboxylic acids is 1. The van der Waals surface area contributed by atoms with Crippen LogP contribution in [0.3, 0.4) is 0 Å². The molecule has 136 valence electrons. The third kappa shape index (κ3) is 4.92. The first-order valence-electron chi connectivity index (χ1n) is 9.08. The first kappa shape index (κ1) is 18.1. The summed E-state index contributed by atoms with van der Waals surface area (Å²) in [6.45, 7) is 3.64. The lowest BCUT2D eigenvalue weighted by Crippen LogP contribution is -2.40. The minimum atomic E-state index is 0.280. The molecule has 0 spiro atoms. The van der Waals surface area contributed by atoms with Crippen LogP contribution >= 0.6 is 11.3 Å². The van der Waals surface area contributed by atoms with Gasteiger partial charge in [-0.25, -0.2) is 4.98 Å². The number of likely N-dealkylation sites (N-methyl/N-ethyl adjacent to an activating group) is 1. The van der Waals surface area contributed by atoms with Crippen LogP contribution in [-0.2, 0) is 17.8 Å². The van der Waals surface area contributed by atoms with Gasteiger partial charge in [0.05, 0.1) is 0 Å². The summed E-state index contributed by atoms with van der Waals surface area (Å²) in [7, 11) is 4.18. The van der Waals surface area contributed by atoms with E-state index in [1.165, 1.54) is 5.56 Å². The normalized spacial score (nSPS) is 18.0. The maximum atomic E-state index is 12.6. The number of likely N-dealkylation sites (tertiary alicyclic amines) is 1. The SMILES string of the molecule is CN(C)CCn1ccnc1[C@H]1CCCN(C(=O)CCc2ccsc2)C1. The fourth-order valence-corrected chi connectivity index (χ4v) is 4.14. The quantitative estimate of drug-likeness (QED) is 0.762. The average molecular weight is 361 g/mol. The zero-order valence-electron chi connectivity index (χ0n) is 15.2. The highest BCUT2D eigenvalue weighted by Crippen LogP contribution is 2.26. The van der Waals surface area contributed by atoms with Crippen LogP contribution in [0, 0.1) is 0 Å². The molecule has 1 atom stereocenters. The molecular weight excluding hydrogens is 332 g/mol. The predicted octanol–water partition coefficient (Wildman–Crippen LogP) is 2.85. The highest BCUT2D eigenvalue weighted by atomic mass is 32.1. The van der Waals surface area contributed by atoms with Crippen molar-refractivity contribution in [1.82, 2.24) is 19.4 Å². The van der Waals surface area contributed by atoms with Gasteiger partial charge in [-0.05, 0) is 55.7 Å². The molecule has 0 bridgehead atoms. The summed E-state index contributed by atoms with van der Waals surface area (Å²) >= 11 is 1.69. The Morgan fingerprint density at radius 3 is 3.08 bits per heavy atom. The molecule has 0 saturated carbocycles. The average Bonchev–Trinajstić information content (AvgIpc) is 3.29. The van der Waals surface area contributed by atoms with Crippen LogP contribution in [-0.4, -0.2) is 59.0 Å². The van der Waals surface area contributed by atoms with E-state index in [2.05, 4.69) is 51.6 Å². The molecule has 0 unspecified atom stereocenters. The van der Waals surface area contributed by atoms with Gasteiger partial charge >= 0.3 is 0 Å². The van der Waals surface area contributed by atoms with Gasteiger partial charge < -0.3 is 14.4 Å². The molecule has 1 saturated heterocycles. The molecule has 3 rings (SSSR count). The summed E-state index contributed by atoms with van der Waals surface area (Å²) in [5, 5.41) is 4.21. The molecule has 1 aliphatic heterocycles. The van der Waals surface area contributed by atoms with Gasteiger partial charge in [0.25, 0.3) is 0 Å². The number of carbonyl (C=O) groups is 1. The number of rotatable bonds is 7. The van der Waals surface area contributed by atoms with Gasteiger partial charge in [-0.2, -0.15) is 11.3 Å². The van der Waals surface area contributed by atoms with E-state index in [-0.39, 0.29) is 5.91 Å². The maximum Gasteiger partial charge on any atom is 0.222 e. The third-order valence-electron chi connectivity index (χ3n) is 4.88. The van der Waals surface area contributed by atoms with Crippen molar-refractivity contribution in [3.8, 4) is 0 Å². The van der Waals surface area contributed by atoms with E-state index in [0.717, 1.165) is 51.3 Å². The Hall–Kier alpha value is -1.66. The minimum Gasteiger partial charge on any atom is -0.342 e. The number of hydrogen-bond acceptors (Lipinski definition) is 4. The summed E-state index contributed by atoms with van der Waals surface area (Å²) in [5.74, 6) is 1.77. The largest absolute Gasteiger partial charge is 0.342 e. The Kier molecular flexibility index (Phi) is 6.26. The van der Waals surface area contributed by atoms with E-state index in [9.17, 15) is 4.79 Å². The molecule has 1 fully saturated rings. The number of piperidine rings is 1. The van der Waals surface area contributed by atoms with E-state index in [0.29, 0.717) is 12.3 Å². The van der Waals surface area contributed by atoms with Gasteiger partial charge in [-0.15, -0.1) is 0 Å². The number of imidazole rings is 1. The fraction of sp³-hybridized carbons (Fsp3) is 0.579. The molecule has 5 nitrogen and oxygen atoms in total. The molecule has 2 aromatic rings. The highest BCUT2D eigenvalue weighted by Gasteiger charge is 2.27. The monoisotopic (exact) mass is 360 g/mol. The van der Waals surface area contributed by atoms with Gasteiger partial charge in [0, 0.05) is 50.9 Å². The van der Waals surface area contributed by atoms with Gasteiger partial charge in [0.1, 0.15) is 5.82 Å². The van der Waals surface area contributed by atoms with Crippen LogP contribution in [0.1, 0.15) is 36.6 Å². The van der Waals surface area contributed by atoms with Crippen molar-refractivity contribution in [1.29, 1.82) is 0 Å². The molecule has 2 aromatic heterocycles. The van der Waals surface area contributed by atoms with Gasteiger partial charge in [0.15, 0.2) is 0 Å². The van der Waals surface area contributed by atoms with Crippen LogP contribution in [0.4, 0.5) is 0 Å². The Balaban J connectivity index is 1.57. The first-order valence-corrected chi connectivity index (χ1v) is 10.0. The molecule has 0 aromatic carbocycles. The Morgan fingerprint density at radius 1 is 1.44 bits per heavy atom. The lowest BCUT2D eigenvalue weighted by Gasteiger charge is -2.33. The predicted molar refractivity (Wildman–Crippen MR) is 102 cm³/mol. The van der Waals surface area contributed by atoms with Crippen molar-refractivity contribution < 1.29 is 4.79 Å². The molecule has 25 heavy (non-hydrogen) atoms. The van der Waals surface area contributed by atoms with Crippen LogP contribution in [0.25, 0.3) is 0 Å². The van der Waals surface area contributed by atoms with Crippen molar-refractivity contribution in [3.05, 3.63) is 40.6 Å². The Bertz CT molecular complexity index is 665. The fourth-order valence-electron chi connectivity index (χ4n) is 3.44. The second kappa shape index (κ2) is 8.63. The molecule has 0 radical (unpaired) electrons. The number of aryl methyl sites for hydroxylation is 1. The van der Waals surface area contributed by atoms with E-state index in [1.807, 2.05) is 11.1 Å². The van der Waals surface area contributed by atoms with Crippen LogP contribution in [0.2, 0.25) is 0 Å². The lowest BCUT2D eigenvalue weighted by molar-refractivity contribution is -0.132. The Labute approximate surface area is 154 Å². The summed E-state index contributed by atoms with van der Waals surface area (Å²) < 4.78 is 2.25. The highest BCUT2D eigenvalue weighted by molar-refractivity contribution is 7.07. The van der Waals surface area contributed by atoms with Crippen molar-refractivity contribution >= 4 is 17.2 Å². The Morgan fingerprint density at radius 2 is 2.32 bits per heavy atom. The smallest absolute Gasteiger partial charge is 0.222 e. The first-order chi connectivity index (χ1) is 12.1.